The van der Waals surface area contributed by atoms with Gasteiger partial charge in [0.2, 0.25) is 0 Å². The quantitative estimate of drug-likeness (QED) is 0.597. The van der Waals surface area contributed by atoms with E-state index in [1.54, 1.807) is 13.2 Å². The minimum atomic E-state index is -0.679. The van der Waals surface area contributed by atoms with E-state index in [4.69, 9.17) is 9.47 Å². The van der Waals surface area contributed by atoms with Gasteiger partial charge in [-0.15, -0.1) is 0 Å². The van der Waals surface area contributed by atoms with E-state index in [2.05, 4.69) is 6.58 Å². The summed E-state index contributed by atoms with van der Waals surface area (Å²) in [5.41, 5.74) is 1.64. The lowest BCUT2D eigenvalue weighted by molar-refractivity contribution is 0.371. The van der Waals surface area contributed by atoms with Crippen LogP contribution in [0.4, 0.5) is 8.78 Å². The van der Waals surface area contributed by atoms with Crippen LogP contribution < -0.4 is 4.74 Å². The zero-order chi connectivity index (χ0) is 17.3. The molecule has 0 aromatic heterocycles. The Hall–Kier alpha value is -2.88. The van der Waals surface area contributed by atoms with Gasteiger partial charge in [-0.05, 0) is 22.4 Å². The Morgan fingerprint density at radius 3 is 2.50 bits per heavy atom. The molecule has 0 saturated carbocycles. The number of halogens is 2. The van der Waals surface area contributed by atoms with E-state index in [9.17, 15) is 8.78 Å². The molecule has 2 nitrogen and oxygen atoms in total. The maximum atomic E-state index is 14.5. The normalized spacial score (nSPS) is 10.7. The van der Waals surface area contributed by atoms with Crippen LogP contribution >= 0.6 is 0 Å². The molecule has 3 aromatic carbocycles. The molecular formula is C20H16F2O2. The van der Waals surface area contributed by atoms with E-state index < -0.39 is 11.6 Å². The molecule has 0 atom stereocenters. The third-order valence-electron chi connectivity index (χ3n) is 3.96. The predicted molar refractivity (Wildman–Crippen MR) is 91.9 cm³/mol. The molecule has 0 heterocycles. The van der Waals surface area contributed by atoms with Gasteiger partial charge in [0.1, 0.15) is 23.1 Å². The standard InChI is InChI=1S/C20H16F2O2/c1-12(23-2)14-8-7-13-5-4-6-16(17(13)9-14)20-18(22)10-15(21)11-19(20)24-3/h4-11H,1H2,2-3H3. The van der Waals surface area contributed by atoms with Gasteiger partial charge in [0.25, 0.3) is 0 Å². The summed E-state index contributed by atoms with van der Waals surface area (Å²) in [5, 5.41) is 1.72. The van der Waals surface area contributed by atoms with E-state index in [0.29, 0.717) is 11.3 Å². The van der Waals surface area contributed by atoms with E-state index in [1.165, 1.54) is 13.2 Å². The first-order valence-corrected chi connectivity index (χ1v) is 7.34. The molecule has 4 heteroatoms. The molecular weight excluding hydrogens is 310 g/mol. The molecule has 0 unspecified atom stereocenters. The summed E-state index contributed by atoms with van der Waals surface area (Å²) in [6, 6.07) is 13.2. The van der Waals surface area contributed by atoms with Gasteiger partial charge >= 0.3 is 0 Å². The smallest absolute Gasteiger partial charge is 0.137 e. The van der Waals surface area contributed by atoms with Crippen LogP contribution in [-0.4, -0.2) is 14.2 Å². The van der Waals surface area contributed by atoms with Crippen LogP contribution in [0, 0.1) is 11.6 Å². The van der Waals surface area contributed by atoms with Crippen molar-refractivity contribution < 1.29 is 18.3 Å². The fourth-order valence-electron chi connectivity index (χ4n) is 2.75. The van der Waals surface area contributed by atoms with Gasteiger partial charge in [-0.1, -0.05) is 36.9 Å². The third-order valence-corrected chi connectivity index (χ3v) is 3.96. The number of hydrogen-bond acceptors (Lipinski definition) is 2. The molecule has 0 bridgehead atoms. The van der Waals surface area contributed by atoms with E-state index in [1.807, 2.05) is 30.3 Å². The average Bonchev–Trinajstić information content (AvgIpc) is 2.59. The largest absolute Gasteiger partial charge is 0.497 e. The highest BCUT2D eigenvalue weighted by atomic mass is 19.1. The molecule has 0 aliphatic carbocycles. The average molecular weight is 326 g/mol. The number of rotatable bonds is 4. The molecule has 0 aliphatic heterocycles. The lowest BCUT2D eigenvalue weighted by atomic mass is 9.95. The summed E-state index contributed by atoms with van der Waals surface area (Å²) in [5.74, 6) is -0.689. The lowest BCUT2D eigenvalue weighted by Gasteiger charge is -2.14. The Morgan fingerprint density at radius 2 is 1.79 bits per heavy atom. The highest BCUT2D eigenvalue weighted by Crippen LogP contribution is 2.38. The summed E-state index contributed by atoms with van der Waals surface area (Å²) in [7, 11) is 2.93. The van der Waals surface area contributed by atoms with Gasteiger partial charge in [-0.3, -0.25) is 0 Å². The first-order valence-electron chi connectivity index (χ1n) is 7.34. The second kappa shape index (κ2) is 6.32. The molecule has 0 fully saturated rings. The Balaban J connectivity index is 2.33. The molecule has 0 spiro atoms. The van der Waals surface area contributed by atoms with Gasteiger partial charge in [-0.2, -0.15) is 0 Å². The van der Waals surface area contributed by atoms with Crippen molar-refractivity contribution in [3.05, 3.63) is 72.3 Å². The Bertz CT molecular complexity index is 932. The molecule has 24 heavy (non-hydrogen) atoms. The van der Waals surface area contributed by atoms with E-state index >= 15 is 0 Å². The molecule has 0 saturated heterocycles. The highest BCUT2D eigenvalue weighted by molar-refractivity contribution is 5.99. The Kier molecular flexibility index (Phi) is 4.21. The van der Waals surface area contributed by atoms with Crippen molar-refractivity contribution in [3.63, 3.8) is 0 Å². The molecule has 0 amide bonds. The maximum absolute atomic E-state index is 14.5. The second-order valence-corrected chi connectivity index (χ2v) is 5.33. The molecule has 0 radical (unpaired) electrons. The SMILES string of the molecule is C=C(OC)c1ccc2cccc(-c3c(F)cc(F)cc3OC)c2c1. The van der Waals surface area contributed by atoms with Gasteiger partial charge in [0, 0.05) is 17.7 Å². The molecule has 0 aliphatic rings. The number of ether oxygens (including phenoxy) is 2. The van der Waals surface area contributed by atoms with E-state index in [-0.39, 0.29) is 11.3 Å². The van der Waals surface area contributed by atoms with E-state index in [0.717, 1.165) is 22.4 Å². The van der Waals surface area contributed by atoms with Crippen molar-refractivity contribution in [2.75, 3.05) is 14.2 Å². The Morgan fingerprint density at radius 1 is 1.00 bits per heavy atom. The molecule has 0 N–H and O–H groups in total. The van der Waals surface area contributed by atoms with Crippen molar-refractivity contribution in [2.45, 2.75) is 0 Å². The van der Waals surface area contributed by atoms with Crippen LogP contribution in [-0.2, 0) is 4.74 Å². The van der Waals surface area contributed by atoms with Crippen molar-refractivity contribution >= 4 is 16.5 Å². The predicted octanol–water partition coefficient (Wildman–Crippen LogP) is 5.41. The van der Waals surface area contributed by atoms with Gasteiger partial charge < -0.3 is 9.47 Å². The van der Waals surface area contributed by atoms with Crippen LogP contribution in [0.2, 0.25) is 0 Å². The number of methoxy groups -OCH3 is 2. The van der Waals surface area contributed by atoms with Crippen LogP contribution in [0.25, 0.3) is 27.7 Å². The van der Waals surface area contributed by atoms with Crippen molar-refractivity contribution in [1.29, 1.82) is 0 Å². The van der Waals surface area contributed by atoms with Crippen LogP contribution in [0.5, 0.6) is 5.75 Å². The molecule has 3 rings (SSSR count). The number of benzene rings is 3. The third kappa shape index (κ3) is 2.71. The highest BCUT2D eigenvalue weighted by Gasteiger charge is 2.17. The van der Waals surface area contributed by atoms with Gasteiger partial charge in [-0.25, -0.2) is 8.78 Å². The monoisotopic (exact) mass is 326 g/mol. The summed E-state index contributed by atoms with van der Waals surface area (Å²) in [4.78, 5) is 0. The second-order valence-electron chi connectivity index (χ2n) is 5.33. The zero-order valence-corrected chi connectivity index (χ0v) is 13.4. The van der Waals surface area contributed by atoms with Crippen LogP contribution in [0.15, 0.2) is 55.1 Å². The van der Waals surface area contributed by atoms with Gasteiger partial charge in [0.15, 0.2) is 0 Å². The lowest BCUT2D eigenvalue weighted by Crippen LogP contribution is -1.95. The van der Waals surface area contributed by atoms with Crippen LogP contribution in [0.1, 0.15) is 5.56 Å². The van der Waals surface area contributed by atoms with Crippen LogP contribution in [0.3, 0.4) is 0 Å². The van der Waals surface area contributed by atoms with Crippen molar-refractivity contribution in [3.8, 4) is 16.9 Å². The maximum Gasteiger partial charge on any atom is 0.137 e. The fraction of sp³-hybridized carbons (Fsp3) is 0.100. The first-order chi connectivity index (χ1) is 11.5. The zero-order valence-electron chi connectivity index (χ0n) is 13.4. The molecule has 122 valence electrons. The minimum absolute atomic E-state index is 0.149. The summed E-state index contributed by atoms with van der Waals surface area (Å²) >= 11 is 0. The summed E-state index contributed by atoms with van der Waals surface area (Å²) < 4.78 is 38.3. The number of hydrogen-bond donors (Lipinski definition) is 0. The Labute approximate surface area is 138 Å². The van der Waals surface area contributed by atoms with Crippen molar-refractivity contribution in [2.24, 2.45) is 0 Å². The minimum Gasteiger partial charge on any atom is -0.497 e. The van der Waals surface area contributed by atoms with Crippen molar-refractivity contribution in [1.82, 2.24) is 0 Å². The number of fused-ring (bicyclic) bond motifs is 1. The topological polar surface area (TPSA) is 18.5 Å². The molecule has 3 aromatic rings. The first kappa shape index (κ1) is 16.0. The summed E-state index contributed by atoms with van der Waals surface area (Å²) in [6.45, 7) is 3.84. The van der Waals surface area contributed by atoms with Gasteiger partial charge in [0.05, 0.1) is 19.8 Å². The summed E-state index contributed by atoms with van der Waals surface area (Å²) in [6.07, 6.45) is 0. The fourth-order valence-corrected chi connectivity index (χ4v) is 2.75.